The topological polar surface area (TPSA) is 30.9 Å². The molecule has 1 fully saturated rings. The number of nitrogens with two attached hydrogens (primary N) is 1. The van der Waals surface area contributed by atoms with Gasteiger partial charge in [0.05, 0.1) is 0 Å². The molecule has 0 aromatic carbocycles. The second-order valence-electron chi connectivity index (χ2n) is 3.55. The van der Waals surface area contributed by atoms with Gasteiger partial charge in [-0.25, -0.2) is 0 Å². The largest absolute Gasteiger partial charge is 0.357 e. The third-order valence-corrected chi connectivity index (χ3v) is 2.69. The number of aryl methyl sites for hydroxylation is 1. The second-order valence-corrected chi connectivity index (χ2v) is 3.55. The Kier molecular flexibility index (Phi) is 1.33. The lowest BCUT2D eigenvalue weighted by Gasteiger charge is -2.08. The van der Waals surface area contributed by atoms with Crippen LogP contribution in [0, 0.1) is 0 Å². The van der Waals surface area contributed by atoms with Crippen LogP contribution in [0.25, 0.3) is 0 Å². The van der Waals surface area contributed by atoms with Crippen molar-refractivity contribution < 1.29 is 0 Å². The highest BCUT2D eigenvalue weighted by Gasteiger charge is 2.43. The predicted molar refractivity (Wildman–Crippen MR) is 45.4 cm³/mol. The van der Waals surface area contributed by atoms with Crippen molar-refractivity contribution in [2.75, 3.05) is 6.54 Å². The third-order valence-electron chi connectivity index (χ3n) is 2.69. The molecule has 0 amide bonds. The van der Waals surface area contributed by atoms with Crippen molar-refractivity contribution in [1.29, 1.82) is 0 Å². The van der Waals surface area contributed by atoms with Crippen LogP contribution in [0.5, 0.6) is 0 Å². The SMILES string of the molecule is Cn1ccc(C2(CN)CC2)c1. The Morgan fingerprint density at radius 1 is 1.64 bits per heavy atom. The summed E-state index contributed by atoms with van der Waals surface area (Å²) in [4.78, 5) is 0. The van der Waals surface area contributed by atoms with Gasteiger partial charge >= 0.3 is 0 Å². The van der Waals surface area contributed by atoms with Gasteiger partial charge in [0, 0.05) is 31.4 Å². The van der Waals surface area contributed by atoms with Crippen LogP contribution < -0.4 is 5.73 Å². The molecular weight excluding hydrogens is 136 g/mol. The van der Waals surface area contributed by atoms with Crippen molar-refractivity contribution in [3.63, 3.8) is 0 Å². The van der Waals surface area contributed by atoms with Crippen LogP contribution in [0.2, 0.25) is 0 Å². The Balaban J connectivity index is 2.29. The normalized spacial score (nSPS) is 20.2. The van der Waals surface area contributed by atoms with E-state index < -0.39 is 0 Å². The molecule has 1 aromatic rings. The van der Waals surface area contributed by atoms with Crippen molar-refractivity contribution in [1.82, 2.24) is 4.57 Å². The van der Waals surface area contributed by atoms with Crippen molar-refractivity contribution in [2.45, 2.75) is 18.3 Å². The summed E-state index contributed by atoms with van der Waals surface area (Å²) >= 11 is 0. The van der Waals surface area contributed by atoms with Gasteiger partial charge in [-0.2, -0.15) is 0 Å². The van der Waals surface area contributed by atoms with Crippen LogP contribution in [-0.4, -0.2) is 11.1 Å². The standard InChI is InChI=1S/C9H14N2/c1-11-5-2-8(6-11)9(7-10)3-4-9/h2,5-6H,3-4,7,10H2,1H3. The van der Waals surface area contributed by atoms with E-state index in [2.05, 4.69) is 30.1 Å². The minimum Gasteiger partial charge on any atom is -0.357 e. The molecule has 2 heteroatoms. The van der Waals surface area contributed by atoms with E-state index in [9.17, 15) is 0 Å². The first-order valence-electron chi connectivity index (χ1n) is 4.09. The first kappa shape index (κ1) is 6.92. The molecule has 11 heavy (non-hydrogen) atoms. The van der Waals surface area contributed by atoms with Crippen molar-refractivity contribution in [3.05, 3.63) is 24.0 Å². The zero-order chi connectivity index (χ0) is 7.90. The van der Waals surface area contributed by atoms with Crippen LogP contribution >= 0.6 is 0 Å². The van der Waals surface area contributed by atoms with E-state index in [0.29, 0.717) is 5.41 Å². The number of rotatable bonds is 2. The number of hydrogen-bond acceptors (Lipinski definition) is 1. The molecule has 60 valence electrons. The molecule has 0 bridgehead atoms. The highest BCUT2D eigenvalue weighted by atomic mass is 14.9. The molecule has 1 heterocycles. The Bertz CT molecular complexity index is 258. The van der Waals surface area contributed by atoms with E-state index in [1.54, 1.807) is 0 Å². The van der Waals surface area contributed by atoms with E-state index in [1.807, 2.05) is 0 Å². The molecule has 0 saturated heterocycles. The first-order valence-corrected chi connectivity index (χ1v) is 4.09. The fourth-order valence-electron chi connectivity index (χ4n) is 1.58. The monoisotopic (exact) mass is 150 g/mol. The highest BCUT2D eigenvalue weighted by molar-refractivity contribution is 5.29. The molecular formula is C9H14N2. The average Bonchev–Trinajstić information content (AvgIpc) is 2.70. The fraction of sp³-hybridized carbons (Fsp3) is 0.556. The van der Waals surface area contributed by atoms with Gasteiger partial charge in [0.15, 0.2) is 0 Å². The molecule has 1 aliphatic carbocycles. The summed E-state index contributed by atoms with van der Waals surface area (Å²) in [5.74, 6) is 0. The van der Waals surface area contributed by atoms with Crippen molar-refractivity contribution in [3.8, 4) is 0 Å². The Labute approximate surface area is 67.0 Å². The smallest absolute Gasteiger partial charge is 0.0106 e. The van der Waals surface area contributed by atoms with Crippen LogP contribution in [-0.2, 0) is 12.5 Å². The van der Waals surface area contributed by atoms with E-state index in [0.717, 1.165) is 6.54 Å². The molecule has 0 radical (unpaired) electrons. The lowest BCUT2D eigenvalue weighted by molar-refractivity contribution is 0.702. The Morgan fingerprint density at radius 3 is 2.73 bits per heavy atom. The molecule has 0 unspecified atom stereocenters. The van der Waals surface area contributed by atoms with E-state index in [-0.39, 0.29) is 0 Å². The van der Waals surface area contributed by atoms with Crippen LogP contribution in [0.15, 0.2) is 18.5 Å². The van der Waals surface area contributed by atoms with Crippen molar-refractivity contribution >= 4 is 0 Å². The van der Waals surface area contributed by atoms with Gasteiger partial charge in [-0.15, -0.1) is 0 Å². The molecule has 2 nitrogen and oxygen atoms in total. The van der Waals surface area contributed by atoms with Gasteiger partial charge in [0.25, 0.3) is 0 Å². The quantitative estimate of drug-likeness (QED) is 0.670. The molecule has 1 aromatic heterocycles. The summed E-state index contributed by atoms with van der Waals surface area (Å²) in [7, 11) is 2.05. The third kappa shape index (κ3) is 0.979. The maximum Gasteiger partial charge on any atom is 0.0106 e. The highest BCUT2D eigenvalue weighted by Crippen LogP contribution is 2.47. The molecule has 0 aliphatic heterocycles. The summed E-state index contributed by atoms with van der Waals surface area (Å²) in [5, 5.41) is 0. The molecule has 1 saturated carbocycles. The van der Waals surface area contributed by atoms with Gasteiger partial charge in [-0.05, 0) is 24.5 Å². The lowest BCUT2D eigenvalue weighted by atomic mass is 10.00. The maximum absolute atomic E-state index is 5.70. The van der Waals surface area contributed by atoms with Crippen LogP contribution in [0.4, 0.5) is 0 Å². The lowest BCUT2D eigenvalue weighted by Crippen LogP contribution is -2.18. The number of hydrogen-bond donors (Lipinski definition) is 1. The van der Waals surface area contributed by atoms with Crippen molar-refractivity contribution in [2.24, 2.45) is 12.8 Å². The van der Waals surface area contributed by atoms with Gasteiger partial charge < -0.3 is 10.3 Å². The molecule has 2 N–H and O–H groups in total. The van der Waals surface area contributed by atoms with Crippen LogP contribution in [0.1, 0.15) is 18.4 Å². The summed E-state index contributed by atoms with van der Waals surface area (Å²) in [5.41, 5.74) is 7.48. The fourth-order valence-corrected chi connectivity index (χ4v) is 1.58. The second kappa shape index (κ2) is 2.11. The summed E-state index contributed by atoms with van der Waals surface area (Å²) in [6, 6.07) is 2.18. The predicted octanol–water partition coefficient (Wildman–Crippen LogP) is 1.02. The van der Waals surface area contributed by atoms with Gasteiger partial charge in [-0.3, -0.25) is 0 Å². The molecule has 0 atom stereocenters. The minimum absolute atomic E-state index is 0.362. The Morgan fingerprint density at radius 2 is 2.36 bits per heavy atom. The Hall–Kier alpha value is -0.760. The maximum atomic E-state index is 5.70. The van der Waals surface area contributed by atoms with E-state index in [4.69, 9.17) is 5.73 Å². The summed E-state index contributed by atoms with van der Waals surface area (Å²) in [6.45, 7) is 0.803. The molecule has 0 spiro atoms. The van der Waals surface area contributed by atoms with Gasteiger partial charge in [-0.1, -0.05) is 0 Å². The van der Waals surface area contributed by atoms with Gasteiger partial charge in [0.1, 0.15) is 0 Å². The summed E-state index contributed by atoms with van der Waals surface area (Å²) in [6.07, 6.45) is 6.81. The number of aromatic nitrogens is 1. The average molecular weight is 150 g/mol. The van der Waals surface area contributed by atoms with Gasteiger partial charge in [0.2, 0.25) is 0 Å². The van der Waals surface area contributed by atoms with E-state index >= 15 is 0 Å². The first-order chi connectivity index (χ1) is 5.27. The van der Waals surface area contributed by atoms with Crippen LogP contribution in [0.3, 0.4) is 0 Å². The zero-order valence-corrected chi connectivity index (χ0v) is 6.88. The van der Waals surface area contributed by atoms with E-state index in [1.165, 1.54) is 18.4 Å². The number of nitrogens with zero attached hydrogens (tertiary/aromatic N) is 1. The summed E-state index contributed by atoms with van der Waals surface area (Å²) < 4.78 is 2.09. The molecule has 2 rings (SSSR count). The minimum atomic E-state index is 0.362. The zero-order valence-electron chi connectivity index (χ0n) is 6.88. The molecule has 1 aliphatic rings.